The Bertz CT molecular complexity index is 597. The molecule has 0 atom stereocenters. The van der Waals surface area contributed by atoms with Gasteiger partial charge in [-0.2, -0.15) is 0 Å². The van der Waals surface area contributed by atoms with Crippen molar-refractivity contribution in [1.82, 2.24) is 0 Å². The average Bonchev–Trinajstić information content (AvgIpc) is 2.76. The normalized spacial score (nSPS) is 10.8. The molecule has 0 aliphatic heterocycles. The fourth-order valence-corrected chi connectivity index (χ4v) is 3.92. The fourth-order valence-electron chi connectivity index (χ4n) is 3.92. The van der Waals surface area contributed by atoms with Crippen LogP contribution in [-0.2, 0) is 9.53 Å². The number of hydrogen-bond acceptors (Lipinski definition) is 3. The van der Waals surface area contributed by atoms with Crippen LogP contribution in [0.2, 0.25) is 0 Å². The smallest absolute Gasteiger partial charge is 0.338 e. The van der Waals surface area contributed by atoms with Gasteiger partial charge in [0.1, 0.15) is 0 Å². The highest BCUT2D eigenvalue weighted by Crippen LogP contribution is 2.18. The Labute approximate surface area is 190 Å². The first-order valence-corrected chi connectivity index (χ1v) is 12.7. The summed E-state index contributed by atoms with van der Waals surface area (Å²) in [7, 11) is 0. The maximum Gasteiger partial charge on any atom is 0.338 e. The number of anilines is 1. The molecule has 0 heterocycles. The van der Waals surface area contributed by atoms with Crippen LogP contribution in [0.15, 0.2) is 24.3 Å². The molecule has 0 spiro atoms. The van der Waals surface area contributed by atoms with E-state index in [2.05, 4.69) is 6.92 Å². The maximum absolute atomic E-state index is 12.1. The first-order valence-electron chi connectivity index (χ1n) is 12.7. The van der Waals surface area contributed by atoms with Gasteiger partial charge < -0.3 is 9.64 Å². The lowest BCUT2D eigenvalue weighted by Gasteiger charge is -2.21. The molecule has 0 unspecified atom stereocenters. The van der Waals surface area contributed by atoms with Crippen LogP contribution in [-0.4, -0.2) is 25.0 Å². The lowest BCUT2D eigenvalue weighted by molar-refractivity contribution is -0.116. The van der Waals surface area contributed by atoms with Crippen molar-refractivity contribution < 1.29 is 14.3 Å². The van der Waals surface area contributed by atoms with Crippen LogP contribution in [0.5, 0.6) is 0 Å². The third-order valence-corrected chi connectivity index (χ3v) is 5.81. The largest absolute Gasteiger partial charge is 0.462 e. The standard InChI is InChI=1S/C27H45NO3/c1-4-6-7-8-9-10-11-12-13-14-15-16-17-18-23-28(24(3)29)26-21-19-25(20-22-26)27(30)31-5-2/h19-22H,4-18,23H2,1-3H3. The number of rotatable bonds is 18. The summed E-state index contributed by atoms with van der Waals surface area (Å²) in [5, 5.41) is 0. The van der Waals surface area contributed by atoms with Gasteiger partial charge >= 0.3 is 5.97 Å². The number of amides is 1. The van der Waals surface area contributed by atoms with Gasteiger partial charge in [0.25, 0.3) is 0 Å². The highest BCUT2D eigenvalue weighted by Gasteiger charge is 2.12. The number of nitrogens with zero attached hydrogens (tertiary/aromatic N) is 1. The van der Waals surface area contributed by atoms with E-state index in [1.54, 1.807) is 30.9 Å². The molecule has 1 amide bonds. The van der Waals surface area contributed by atoms with E-state index in [-0.39, 0.29) is 11.9 Å². The van der Waals surface area contributed by atoms with Crippen molar-refractivity contribution in [2.24, 2.45) is 0 Å². The monoisotopic (exact) mass is 431 g/mol. The zero-order valence-corrected chi connectivity index (χ0v) is 20.3. The average molecular weight is 432 g/mol. The Morgan fingerprint density at radius 1 is 0.710 bits per heavy atom. The van der Waals surface area contributed by atoms with Crippen molar-refractivity contribution in [1.29, 1.82) is 0 Å². The van der Waals surface area contributed by atoms with Crippen molar-refractivity contribution in [2.75, 3.05) is 18.1 Å². The molecule has 0 N–H and O–H groups in total. The topological polar surface area (TPSA) is 46.6 Å². The lowest BCUT2D eigenvalue weighted by atomic mass is 10.0. The quantitative estimate of drug-likeness (QED) is 0.177. The first-order chi connectivity index (χ1) is 15.1. The van der Waals surface area contributed by atoms with Crippen LogP contribution in [0.4, 0.5) is 5.69 Å². The second-order valence-corrected chi connectivity index (χ2v) is 8.53. The molecule has 0 saturated carbocycles. The first kappa shape index (κ1) is 27.2. The van der Waals surface area contributed by atoms with Gasteiger partial charge in [-0.25, -0.2) is 4.79 Å². The minimum Gasteiger partial charge on any atom is -0.462 e. The van der Waals surface area contributed by atoms with E-state index in [4.69, 9.17) is 4.74 Å². The molecule has 31 heavy (non-hydrogen) atoms. The summed E-state index contributed by atoms with van der Waals surface area (Å²) in [4.78, 5) is 25.6. The van der Waals surface area contributed by atoms with E-state index in [0.29, 0.717) is 12.2 Å². The molecule has 1 aromatic carbocycles. The molecular formula is C27H45NO3. The summed E-state index contributed by atoms with van der Waals surface area (Å²) in [6.07, 6.45) is 18.6. The molecule has 0 bridgehead atoms. The Hall–Kier alpha value is -1.84. The van der Waals surface area contributed by atoms with Gasteiger partial charge in [-0.05, 0) is 37.6 Å². The maximum atomic E-state index is 12.1. The third kappa shape index (κ3) is 12.6. The molecule has 0 saturated heterocycles. The van der Waals surface area contributed by atoms with E-state index in [0.717, 1.165) is 25.1 Å². The van der Waals surface area contributed by atoms with Crippen molar-refractivity contribution in [3.05, 3.63) is 29.8 Å². The molecule has 176 valence electrons. The Kier molecular flexibility index (Phi) is 15.6. The molecule has 0 aliphatic rings. The van der Waals surface area contributed by atoms with Gasteiger partial charge in [0, 0.05) is 19.2 Å². The molecule has 1 aromatic rings. The summed E-state index contributed by atoms with van der Waals surface area (Å²) >= 11 is 0. The Morgan fingerprint density at radius 3 is 1.58 bits per heavy atom. The summed E-state index contributed by atoms with van der Waals surface area (Å²) in [6, 6.07) is 7.12. The van der Waals surface area contributed by atoms with Gasteiger partial charge in [0.05, 0.1) is 12.2 Å². The van der Waals surface area contributed by atoms with E-state index >= 15 is 0 Å². The van der Waals surface area contributed by atoms with Gasteiger partial charge in [0.15, 0.2) is 0 Å². The zero-order valence-electron chi connectivity index (χ0n) is 20.3. The molecule has 0 fully saturated rings. The molecular weight excluding hydrogens is 386 g/mol. The van der Waals surface area contributed by atoms with Crippen molar-refractivity contribution in [3.8, 4) is 0 Å². The van der Waals surface area contributed by atoms with E-state index in [1.165, 1.54) is 77.0 Å². The summed E-state index contributed by atoms with van der Waals surface area (Å²) in [6.45, 7) is 6.75. The molecule has 0 radical (unpaired) electrons. The number of benzene rings is 1. The van der Waals surface area contributed by atoms with Gasteiger partial charge in [-0.3, -0.25) is 4.79 Å². The van der Waals surface area contributed by atoms with Crippen LogP contribution in [0, 0.1) is 0 Å². The van der Waals surface area contributed by atoms with Crippen LogP contribution < -0.4 is 4.90 Å². The summed E-state index contributed by atoms with van der Waals surface area (Å²) in [5.74, 6) is -0.283. The molecule has 0 aliphatic carbocycles. The van der Waals surface area contributed by atoms with Crippen molar-refractivity contribution in [2.45, 2.75) is 111 Å². The van der Waals surface area contributed by atoms with E-state index < -0.39 is 0 Å². The molecule has 4 nitrogen and oxygen atoms in total. The zero-order chi connectivity index (χ0) is 22.7. The number of carbonyl (C=O) groups is 2. The SMILES string of the molecule is CCCCCCCCCCCCCCCCN(C(C)=O)c1ccc(C(=O)OCC)cc1. The summed E-state index contributed by atoms with van der Waals surface area (Å²) < 4.78 is 5.01. The minimum atomic E-state index is -0.324. The number of carbonyl (C=O) groups excluding carboxylic acids is 2. The number of hydrogen-bond donors (Lipinski definition) is 0. The fraction of sp³-hybridized carbons (Fsp3) is 0.704. The highest BCUT2D eigenvalue weighted by atomic mass is 16.5. The summed E-state index contributed by atoms with van der Waals surface area (Å²) in [5.41, 5.74) is 1.36. The van der Waals surface area contributed by atoms with Gasteiger partial charge in [0.2, 0.25) is 5.91 Å². The number of ether oxygens (including phenoxy) is 1. The van der Waals surface area contributed by atoms with Crippen LogP contribution in [0.1, 0.15) is 121 Å². The van der Waals surface area contributed by atoms with Crippen LogP contribution in [0.3, 0.4) is 0 Å². The van der Waals surface area contributed by atoms with Crippen molar-refractivity contribution >= 4 is 17.6 Å². The Morgan fingerprint density at radius 2 is 1.16 bits per heavy atom. The van der Waals surface area contributed by atoms with Crippen LogP contribution >= 0.6 is 0 Å². The van der Waals surface area contributed by atoms with Crippen molar-refractivity contribution in [3.63, 3.8) is 0 Å². The number of esters is 1. The molecule has 0 aromatic heterocycles. The highest BCUT2D eigenvalue weighted by molar-refractivity contribution is 5.93. The Balaban J connectivity index is 2.14. The predicted octanol–water partition coefficient (Wildman–Crippen LogP) is 7.70. The van der Waals surface area contributed by atoms with Gasteiger partial charge in [-0.1, -0.05) is 90.4 Å². The van der Waals surface area contributed by atoms with E-state index in [1.807, 2.05) is 12.1 Å². The molecule has 4 heteroatoms. The molecule has 1 rings (SSSR count). The second kappa shape index (κ2) is 17.8. The third-order valence-electron chi connectivity index (χ3n) is 5.81. The van der Waals surface area contributed by atoms with Crippen LogP contribution in [0.25, 0.3) is 0 Å². The lowest BCUT2D eigenvalue weighted by Crippen LogP contribution is -2.29. The minimum absolute atomic E-state index is 0.0404. The predicted molar refractivity (Wildman–Crippen MR) is 131 cm³/mol. The second-order valence-electron chi connectivity index (χ2n) is 8.53. The number of unbranched alkanes of at least 4 members (excludes halogenated alkanes) is 13. The van der Waals surface area contributed by atoms with E-state index in [9.17, 15) is 9.59 Å². The van der Waals surface area contributed by atoms with Gasteiger partial charge in [-0.15, -0.1) is 0 Å².